The van der Waals surface area contributed by atoms with Gasteiger partial charge in [-0.05, 0) is 6.42 Å². The van der Waals surface area contributed by atoms with Gasteiger partial charge >= 0.3 is 12.0 Å². The van der Waals surface area contributed by atoms with E-state index in [1.165, 1.54) is 12.4 Å². The van der Waals surface area contributed by atoms with Crippen molar-refractivity contribution < 1.29 is 14.7 Å². The van der Waals surface area contributed by atoms with Crippen LogP contribution in [0, 0.1) is 0 Å². The van der Waals surface area contributed by atoms with Gasteiger partial charge in [0.05, 0.1) is 0 Å². The van der Waals surface area contributed by atoms with Gasteiger partial charge in [0.1, 0.15) is 0 Å². The number of anilines is 1. The maximum Gasteiger partial charge on any atom is 0.358 e. The molecular formula is C10H14N4O3. The van der Waals surface area contributed by atoms with E-state index in [1.807, 2.05) is 6.92 Å². The molecule has 0 aromatic carbocycles. The summed E-state index contributed by atoms with van der Waals surface area (Å²) < 4.78 is 0. The van der Waals surface area contributed by atoms with Crippen LogP contribution in [0.2, 0.25) is 0 Å². The van der Waals surface area contributed by atoms with E-state index in [4.69, 9.17) is 5.11 Å². The molecule has 1 aromatic heterocycles. The van der Waals surface area contributed by atoms with Crippen LogP contribution in [0.3, 0.4) is 0 Å². The Kier molecular flexibility index (Phi) is 4.86. The molecule has 0 aliphatic rings. The van der Waals surface area contributed by atoms with Gasteiger partial charge in [-0.25, -0.2) is 19.6 Å². The molecule has 0 spiro atoms. The van der Waals surface area contributed by atoms with Crippen LogP contribution >= 0.6 is 0 Å². The number of carbonyl (C=O) groups is 2. The van der Waals surface area contributed by atoms with Gasteiger partial charge in [-0.3, -0.25) is 5.32 Å². The summed E-state index contributed by atoms with van der Waals surface area (Å²) in [7, 11) is 0. The van der Waals surface area contributed by atoms with Crippen LogP contribution in [0.5, 0.6) is 0 Å². The van der Waals surface area contributed by atoms with Crippen molar-refractivity contribution >= 4 is 17.8 Å². The number of carbonyl (C=O) groups excluding carboxylic acids is 1. The van der Waals surface area contributed by atoms with Gasteiger partial charge in [0, 0.05) is 18.9 Å². The molecule has 0 atom stereocenters. The summed E-state index contributed by atoms with van der Waals surface area (Å²) in [5, 5.41) is 13.8. The van der Waals surface area contributed by atoms with E-state index in [-0.39, 0.29) is 11.5 Å². The van der Waals surface area contributed by atoms with Crippen LogP contribution < -0.4 is 10.6 Å². The second-order valence-corrected chi connectivity index (χ2v) is 3.29. The lowest BCUT2D eigenvalue weighted by Gasteiger charge is -2.07. The Morgan fingerprint density at radius 2 is 2.06 bits per heavy atom. The molecule has 0 saturated carbocycles. The van der Waals surface area contributed by atoms with E-state index in [0.29, 0.717) is 6.54 Å². The van der Waals surface area contributed by atoms with Crippen LogP contribution in [-0.4, -0.2) is 33.6 Å². The second-order valence-electron chi connectivity index (χ2n) is 3.29. The van der Waals surface area contributed by atoms with Gasteiger partial charge in [0.25, 0.3) is 0 Å². The molecule has 7 nitrogen and oxygen atoms in total. The molecule has 1 heterocycles. The fourth-order valence-electron chi connectivity index (χ4n) is 1.12. The molecule has 7 heteroatoms. The average molecular weight is 238 g/mol. The summed E-state index contributed by atoms with van der Waals surface area (Å²) in [5.74, 6) is -1.30. The molecule has 0 unspecified atom stereocenters. The number of urea groups is 1. The van der Waals surface area contributed by atoms with E-state index >= 15 is 0 Å². The first-order valence-electron chi connectivity index (χ1n) is 5.24. The van der Waals surface area contributed by atoms with Crippen molar-refractivity contribution in [2.45, 2.75) is 19.8 Å². The van der Waals surface area contributed by atoms with Crippen LogP contribution in [0.15, 0.2) is 12.4 Å². The minimum Gasteiger partial charge on any atom is -0.476 e. The summed E-state index contributed by atoms with van der Waals surface area (Å²) in [6.45, 7) is 2.54. The van der Waals surface area contributed by atoms with Crippen LogP contribution in [0.25, 0.3) is 0 Å². The molecule has 0 saturated heterocycles. The molecule has 3 N–H and O–H groups in total. The number of unbranched alkanes of at least 4 members (excludes halogenated alkanes) is 1. The van der Waals surface area contributed by atoms with Gasteiger partial charge in [-0.1, -0.05) is 13.3 Å². The number of nitrogens with one attached hydrogen (secondary N) is 2. The first-order chi connectivity index (χ1) is 8.15. The van der Waals surface area contributed by atoms with E-state index in [2.05, 4.69) is 20.6 Å². The number of nitrogens with zero attached hydrogens (tertiary/aromatic N) is 2. The number of hydrogen-bond donors (Lipinski definition) is 3. The molecule has 92 valence electrons. The number of aromatic nitrogens is 2. The monoisotopic (exact) mass is 238 g/mol. The van der Waals surface area contributed by atoms with Gasteiger partial charge in [0.15, 0.2) is 11.5 Å². The fraction of sp³-hybridized carbons (Fsp3) is 0.400. The topological polar surface area (TPSA) is 104 Å². The Morgan fingerprint density at radius 3 is 2.71 bits per heavy atom. The number of amides is 2. The number of carboxylic acids is 1. The van der Waals surface area contributed by atoms with E-state index in [1.54, 1.807) is 0 Å². The highest BCUT2D eigenvalue weighted by molar-refractivity contribution is 5.97. The summed E-state index contributed by atoms with van der Waals surface area (Å²) in [6, 6.07) is -0.485. The number of aromatic carboxylic acids is 1. The van der Waals surface area contributed by atoms with Crippen molar-refractivity contribution in [2.75, 3.05) is 11.9 Å². The lowest BCUT2D eigenvalue weighted by molar-refractivity contribution is 0.0691. The SMILES string of the molecule is CCCCNC(=O)Nc1nccnc1C(=O)O. The van der Waals surface area contributed by atoms with Gasteiger partial charge in [-0.15, -0.1) is 0 Å². The molecule has 2 amide bonds. The number of carboxylic acid groups (broad SMARTS) is 1. The molecule has 17 heavy (non-hydrogen) atoms. The minimum atomic E-state index is -1.23. The third-order valence-electron chi connectivity index (χ3n) is 1.95. The Morgan fingerprint density at radius 1 is 1.35 bits per heavy atom. The quantitative estimate of drug-likeness (QED) is 0.666. The summed E-state index contributed by atoms with van der Waals surface area (Å²) >= 11 is 0. The lowest BCUT2D eigenvalue weighted by Crippen LogP contribution is -2.30. The second kappa shape index (κ2) is 6.41. The first kappa shape index (κ1) is 12.9. The summed E-state index contributed by atoms with van der Waals surface area (Å²) in [4.78, 5) is 29.5. The zero-order chi connectivity index (χ0) is 12.7. The molecule has 0 aliphatic carbocycles. The van der Waals surface area contributed by atoms with Crippen molar-refractivity contribution in [2.24, 2.45) is 0 Å². The Hall–Kier alpha value is -2.18. The minimum absolute atomic E-state index is 0.0611. The third kappa shape index (κ3) is 4.06. The molecular weight excluding hydrogens is 224 g/mol. The fourth-order valence-corrected chi connectivity index (χ4v) is 1.12. The predicted molar refractivity (Wildman–Crippen MR) is 60.9 cm³/mol. The predicted octanol–water partition coefficient (Wildman–Crippen LogP) is 1.10. The molecule has 0 bridgehead atoms. The third-order valence-corrected chi connectivity index (χ3v) is 1.95. The van der Waals surface area contributed by atoms with Gasteiger partial charge in [0.2, 0.25) is 0 Å². The Labute approximate surface area is 98.3 Å². The maximum atomic E-state index is 11.4. The van der Waals surface area contributed by atoms with Crippen molar-refractivity contribution in [3.8, 4) is 0 Å². The van der Waals surface area contributed by atoms with Gasteiger partial charge in [-0.2, -0.15) is 0 Å². The molecule has 1 aromatic rings. The standard InChI is InChI=1S/C10H14N4O3/c1-2-3-4-13-10(17)14-8-7(9(15)16)11-5-6-12-8/h5-6H,2-4H2,1H3,(H,15,16)(H2,12,13,14,17). The summed E-state index contributed by atoms with van der Waals surface area (Å²) in [6.07, 6.45) is 4.39. The maximum absolute atomic E-state index is 11.4. The largest absolute Gasteiger partial charge is 0.476 e. The highest BCUT2D eigenvalue weighted by atomic mass is 16.4. The molecule has 1 rings (SSSR count). The Balaban J connectivity index is 2.61. The highest BCUT2D eigenvalue weighted by Crippen LogP contribution is 2.07. The normalized spacial score (nSPS) is 9.71. The number of rotatable bonds is 5. The molecule has 0 radical (unpaired) electrons. The lowest BCUT2D eigenvalue weighted by atomic mass is 10.3. The van der Waals surface area contributed by atoms with Crippen LogP contribution in [0.1, 0.15) is 30.3 Å². The Bertz CT molecular complexity index is 408. The van der Waals surface area contributed by atoms with E-state index in [0.717, 1.165) is 12.8 Å². The van der Waals surface area contributed by atoms with Crippen molar-refractivity contribution in [1.29, 1.82) is 0 Å². The number of hydrogen-bond acceptors (Lipinski definition) is 4. The smallest absolute Gasteiger partial charge is 0.358 e. The zero-order valence-electron chi connectivity index (χ0n) is 9.43. The van der Waals surface area contributed by atoms with E-state index < -0.39 is 12.0 Å². The first-order valence-corrected chi connectivity index (χ1v) is 5.24. The average Bonchev–Trinajstić information content (AvgIpc) is 2.29. The van der Waals surface area contributed by atoms with E-state index in [9.17, 15) is 9.59 Å². The van der Waals surface area contributed by atoms with Crippen molar-refractivity contribution in [3.05, 3.63) is 18.1 Å². The van der Waals surface area contributed by atoms with Crippen LogP contribution in [-0.2, 0) is 0 Å². The summed E-state index contributed by atoms with van der Waals surface area (Å²) in [5.41, 5.74) is -0.279. The van der Waals surface area contributed by atoms with Crippen LogP contribution in [0.4, 0.5) is 10.6 Å². The highest BCUT2D eigenvalue weighted by Gasteiger charge is 2.14. The van der Waals surface area contributed by atoms with Crippen molar-refractivity contribution in [1.82, 2.24) is 15.3 Å². The molecule has 0 aliphatic heterocycles. The van der Waals surface area contributed by atoms with Crippen molar-refractivity contribution in [3.63, 3.8) is 0 Å². The zero-order valence-corrected chi connectivity index (χ0v) is 9.43. The van der Waals surface area contributed by atoms with Gasteiger partial charge < -0.3 is 10.4 Å². The molecule has 0 fully saturated rings.